The summed E-state index contributed by atoms with van der Waals surface area (Å²) >= 11 is 1.89. The highest BCUT2D eigenvalue weighted by Crippen LogP contribution is 2.47. The molecule has 0 N–H and O–H groups in total. The Labute approximate surface area is 222 Å². The molecule has 2 nitrogen and oxygen atoms in total. The third kappa shape index (κ3) is 2.64. The van der Waals surface area contributed by atoms with Gasteiger partial charge < -0.3 is 4.40 Å². The molecule has 0 atom stereocenters. The molecule has 0 fully saturated rings. The number of fused-ring (bicyclic) bond motifs is 10. The van der Waals surface area contributed by atoms with E-state index in [9.17, 15) is 0 Å². The SMILES string of the molecule is c1ccc(-c2cc3c4cc(-c5ccccn5)ccc4n4c5ccc6sc7ccccc7c6c5c(c2)c34)cc1. The van der Waals surface area contributed by atoms with Crippen molar-refractivity contribution in [2.45, 2.75) is 0 Å². The van der Waals surface area contributed by atoms with E-state index in [0.717, 1.165) is 11.3 Å². The number of rotatable bonds is 2. The van der Waals surface area contributed by atoms with Gasteiger partial charge in [-0.3, -0.25) is 4.98 Å². The van der Waals surface area contributed by atoms with Gasteiger partial charge in [-0.1, -0.05) is 60.7 Å². The maximum absolute atomic E-state index is 4.63. The van der Waals surface area contributed by atoms with Gasteiger partial charge in [-0.15, -0.1) is 11.3 Å². The van der Waals surface area contributed by atoms with E-state index in [1.54, 1.807) is 0 Å². The van der Waals surface area contributed by atoms with Crippen LogP contribution in [0.5, 0.6) is 0 Å². The molecule has 3 heteroatoms. The number of thiophene rings is 1. The first-order valence-electron chi connectivity index (χ1n) is 12.9. The van der Waals surface area contributed by atoms with Crippen molar-refractivity contribution < 1.29 is 0 Å². The van der Waals surface area contributed by atoms with Gasteiger partial charge >= 0.3 is 0 Å². The van der Waals surface area contributed by atoms with Gasteiger partial charge in [-0.05, 0) is 65.7 Å². The Morgan fingerprint density at radius 3 is 2.18 bits per heavy atom. The van der Waals surface area contributed by atoms with Crippen LogP contribution in [0.2, 0.25) is 0 Å². The number of nitrogens with zero attached hydrogens (tertiary/aromatic N) is 2. The number of aromatic nitrogens is 2. The highest BCUT2D eigenvalue weighted by Gasteiger charge is 2.22. The zero-order chi connectivity index (χ0) is 24.8. The summed E-state index contributed by atoms with van der Waals surface area (Å²) < 4.78 is 5.17. The molecule has 0 aliphatic rings. The van der Waals surface area contributed by atoms with E-state index in [-0.39, 0.29) is 0 Å². The van der Waals surface area contributed by atoms with Crippen molar-refractivity contribution in [2.24, 2.45) is 0 Å². The monoisotopic (exact) mass is 500 g/mol. The fourth-order valence-corrected chi connectivity index (χ4v) is 7.46. The van der Waals surface area contributed by atoms with Crippen LogP contribution in [-0.4, -0.2) is 9.38 Å². The lowest BCUT2D eigenvalue weighted by Gasteiger charge is -2.06. The third-order valence-electron chi connectivity index (χ3n) is 7.96. The zero-order valence-corrected chi connectivity index (χ0v) is 21.2. The third-order valence-corrected chi connectivity index (χ3v) is 9.10. The highest BCUT2D eigenvalue weighted by molar-refractivity contribution is 7.26. The van der Waals surface area contributed by atoms with E-state index in [1.807, 2.05) is 23.6 Å². The van der Waals surface area contributed by atoms with Crippen LogP contribution in [0.3, 0.4) is 0 Å². The van der Waals surface area contributed by atoms with E-state index in [0.29, 0.717) is 0 Å². The maximum atomic E-state index is 4.63. The summed E-state index contributed by atoms with van der Waals surface area (Å²) in [4.78, 5) is 4.63. The summed E-state index contributed by atoms with van der Waals surface area (Å²) in [5, 5.41) is 7.95. The molecule has 5 aromatic carbocycles. The van der Waals surface area contributed by atoms with Crippen molar-refractivity contribution >= 4 is 69.6 Å². The van der Waals surface area contributed by atoms with Gasteiger partial charge in [-0.25, -0.2) is 0 Å². The van der Waals surface area contributed by atoms with E-state index >= 15 is 0 Å². The number of benzene rings is 5. The van der Waals surface area contributed by atoms with Crippen molar-refractivity contribution in [1.82, 2.24) is 9.38 Å². The molecule has 0 radical (unpaired) electrons. The topological polar surface area (TPSA) is 17.3 Å². The first kappa shape index (κ1) is 20.3. The zero-order valence-electron chi connectivity index (χ0n) is 20.3. The summed E-state index contributed by atoms with van der Waals surface area (Å²) in [6, 6.07) is 41.9. The molecule has 0 amide bonds. The number of pyridine rings is 1. The molecule has 0 saturated carbocycles. The molecule has 38 heavy (non-hydrogen) atoms. The summed E-state index contributed by atoms with van der Waals surface area (Å²) in [7, 11) is 0. The Morgan fingerprint density at radius 2 is 1.29 bits per heavy atom. The molecule has 0 bridgehead atoms. The Kier molecular flexibility index (Phi) is 3.96. The molecule has 176 valence electrons. The second-order valence-electron chi connectivity index (χ2n) is 10.00. The minimum atomic E-state index is 0.999. The lowest BCUT2D eigenvalue weighted by Crippen LogP contribution is -1.84. The molecule has 0 unspecified atom stereocenters. The quantitative estimate of drug-likeness (QED) is 0.231. The van der Waals surface area contributed by atoms with Crippen molar-refractivity contribution in [1.29, 1.82) is 0 Å². The smallest absolute Gasteiger partial charge is 0.0702 e. The highest BCUT2D eigenvalue weighted by atomic mass is 32.1. The molecule has 9 aromatic rings. The predicted octanol–water partition coefficient (Wildman–Crippen LogP) is 9.93. The maximum Gasteiger partial charge on any atom is 0.0702 e. The molecule has 0 saturated heterocycles. The molecule has 4 heterocycles. The normalized spacial score (nSPS) is 12.2. The summed E-state index contributed by atoms with van der Waals surface area (Å²) in [6.45, 7) is 0. The van der Waals surface area contributed by atoms with E-state index in [4.69, 9.17) is 0 Å². The van der Waals surface area contributed by atoms with Crippen LogP contribution in [0.25, 0.3) is 80.7 Å². The van der Waals surface area contributed by atoms with Gasteiger partial charge in [0.2, 0.25) is 0 Å². The van der Waals surface area contributed by atoms with Crippen LogP contribution in [0, 0.1) is 0 Å². The van der Waals surface area contributed by atoms with Gasteiger partial charge in [0.25, 0.3) is 0 Å². The van der Waals surface area contributed by atoms with Crippen molar-refractivity contribution in [2.75, 3.05) is 0 Å². The molecule has 0 aliphatic carbocycles. The van der Waals surface area contributed by atoms with Crippen LogP contribution < -0.4 is 0 Å². The van der Waals surface area contributed by atoms with Crippen molar-refractivity contribution in [3.63, 3.8) is 0 Å². The van der Waals surface area contributed by atoms with Gasteiger partial charge in [0, 0.05) is 53.5 Å². The Bertz CT molecular complexity index is 2330. The van der Waals surface area contributed by atoms with Crippen LogP contribution in [0.1, 0.15) is 0 Å². The fraction of sp³-hybridized carbons (Fsp3) is 0. The lowest BCUT2D eigenvalue weighted by atomic mass is 9.97. The van der Waals surface area contributed by atoms with E-state index in [2.05, 4.69) is 119 Å². The predicted molar refractivity (Wildman–Crippen MR) is 163 cm³/mol. The van der Waals surface area contributed by atoms with Crippen LogP contribution in [0.4, 0.5) is 0 Å². The molecule has 9 rings (SSSR count). The second-order valence-corrected chi connectivity index (χ2v) is 11.1. The number of hydrogen-bond donors (Lipinski definition) is 0. The van der Waals surface area contributed by atoms with Crippen LogP contribution in [-0.2, 0) is 0 Å². The minimum absolute atomic E-state index is 0.999. The van der Waals surface area contributed by atoms with Crippen molar-refractivity contribution in [3.05, 3.63) is 121 Å². The second kappa shape index (κ2) is 7.41. The van der Waals surface area contributed by atoms with Crippen LogP contribution >= 0.6 is 11.3 Å². The average Bonchev–Trinajstić information content (AvgIpc) is 3.63. The van der Waals surface area contributed by atoms with Gasteiger partial charge in [0.1, 0.15) is 0 Å². The molecular formula is C35H20N2S. The van der Waals surface area contributed by atoms with E-state index in [1.165, 1.54) is 69.4 Å². The van der Waals surface area contributed by atoms with Gasteiger partial charge in [-0.2, -0.15) is 0 Å². The standard InChI is InChI=1S/C35H20N2S/c1-2-8-21(9-3-1)23-19-26-25-18-22(28-11-6-7-17-36-28)13-14-29(25)37-30-15-16-32-34(33(30)27(20-23)35(26)37)24-10-4-5-12-31(24)38-32/h1-20H. The average molecular weight is 501 g/mol. The fourth-order valence-electron chi connectivity index (χ4n) is 6.34. The van der Waals surface area contributed by atoms with Gasteiger partial charge in [0.05, 0.1) is 22.2 Å². The first-order valence-corrected chi connectivity index (χ1v) is 13.7. The lowest BCUT2D eigenvalue weighted by molar-refractivity contribution is 1.33. The summed E-state index contributed by atoms with van der Waals surface area (Å²) in [5.41, 5.74) is 8.44. The molecule has 0 spiro atoms. The first-order chi connectivity index (χ1) is 18.8. The summed E-state index contributed by atoms with van der Waals surface area (Å²) in [5.74, 6) is 0. The van der Waals surface area contributed by atoms with Crippen molar-refractivity contribution in [3.8, 4) is 22.4 Å². The molecular weight excluding hydrogens is 480 g/mol. The Hall–Kier alpha value is -4.73. The Morgan fingerprint density at radius 1 is 0.500 bits per heavy atom. The number of hydrogen-bond acceptors (Lipinski definition) is 2. The van der Waals surface area contributed by atoms with Crippen LogP contribution in [0.15, 0.2) is 121 Å². The molecule has 0 aliphatic heterocycles. The largest absolute Gasteiger partial charge is 0.308 e. The molecule has 4 aromatic heterocycles. The van der Waals surface area contributed by atoms with E-state index < -0.39 is 0 Å². The van der Waals surface area contributed by atoms with Gasteiger partial charge in [0.15, 0.2) is 0 Å². The minimum Gasteiger partial charge on any atom is -0.308 e. The summed E-state index contributed by atoms with van der Waals surface area (Å²) in [6.07, 6.45) is 1.87. The Balaban J connectivity index is 1.51.